The van der Waals surface area contributed by atoms with Gasteiger partial charge in [-0.15, -0.1) is 0 Å². The third-order valence-corrected chi connectivity index (χ3v) is 5.57. The Morgan fingerprint density at radius 2 is 2.04 bits per heavy atom. The summed E-state index contributed by atoms with van der Waals surface area (Å²) in [6.45, 7) is 2.80. The molecular weight excluding hydrogens is 351 g/mol. The van der Waals surface area contributed by atoms with Crippen molar-refractivity contribution in [2.75, 3.05) is 6.54 Å². The van der Waals surface area contributed by atoms with E-state index in [1.807, 2.05) is 12.1 Å². The van der Waals surface area contributed by atoms with Gasteiger partial charge in [0.25, 0.3) is 0 Å². The lowest BCUT2D eigenvalue weighted by atomic mass is 9.79. The van der Waals surface area contributed by atoms with Crippen LogP contribution in [-0.4, -0.2) is 27.2 Å². The number of hydrogen-bond donors (Lipinski definition) is 2. The number of aryl methyl sites for hydroxylation is 1. The molecule has 3 rings (SSSR count). The largest absolute Gasteiger partial charge is 0.354 e. The van der Waals surface area contributed by atoms with Gasteiger partial charge >= 0.3 is 0 Å². The Bertz CT molecular complexity index is 806. The number of benzene rings is 1. The molecule has 0 aliphatic heterocycles. The van der Waals surface area contributed by atoms with Crippen LogP contribution in [0.25, 0.3) is 0 Å². The number of hydrogen-bond acceptors (Lipinski definition) is 3. The topological polar surface area (TPSA) is 62.7 Å². The van der Waals surface area contributed by atoms with E-state index in [2.05, 4.69) is 22.4 Å². The predicted molar refractivity (Wildman–Crippen MR) is 101 cm³/mol. The van der Waals surface area contributed by atoms with Crippen LogP contribution < -0.4 is 5.32 Å². The van der Waals surface area contributed by atoms with E-state index in [4.69, 9.17) is 12.2 Å². The van der Waals surface area contributed by atoms with Crippen molar-refractivity contribution in [3.05, 3.63) is 46.2 Å². The number of aromatic nitrogens is 3. The molecule has 1 heterocycles. The van der Waals surface area contributed by atoms with E-state index in [1.165, 1.54) is 12.1 Å². The minimum absolute atomic E-state index is 0.0757. The van der Waals surface area contributed by atoms with Gasteiger partial charge < -0.3 is 5.32 Å². The number of nitrogens with one attached hydrogen (secondary N) is 2. The van der Waals surface area contributed by atoms with Gasteiger partial charge in [-0.25, -0.2) is 4.39 Å². The number of halogens is 1. The first-order valence-corrected chi connectivity index (χ1v) is 9.62. The highest BCUT2D eigenvalue weighted by atomic mass is 32.1. The van der Waals surface area contributed by atoms with Gasteiger partial charge in [0.05, 0.1) is 0 Å². The van der Waals surface area contributed by atoms with Crippen LogP contribution in [0.4, 0.5) is 4.39 Å². The second-order valence-electron chi connectivity index (χ2n) is 7.05. The zero-order valence-corrected chi connectivity index (χ0v) is 15.9. The van der Waals surface area contributed by atoms with Gasteiger partial charge in [-0.1, -0.05) is 31.9 Å². The van der Waals surface area contributed by atoms with E-state index in [9.17, 15) is 9.18 Å². The number of carbonyl (C=O) groups excluding carboxylic acids is 1. The Morgan fingerprint density at radius 1 is 1.35 bits per heavy atom. The van der Waals surface area contributed by atoms with E-state index in [0.717, 1.165) is 49.9 Å². The quantitative estimate of drug-likeness (QED) is 0.725. The molecule has 1 aromatic heterocycles. The van der Waals surface area contributed by atoms with Gasteiger partial charge in [-0.3, -0.25) is 14.5 Å². The second kappa shape index (κ2) is 8.12. The highest BCUT2D eigenvalue weighted by molar-refractivity contribution is 7.71. The van der Waals surface area contributed by atoms with Crippen LogP contribution in [0.1, 0.15) is 50.4 Å². The third-order valence-electron chi connectivity index (χ3n) is 5.25. The van der Waals surface area contributed by atoms with Crippen molar-refractivity contribution in [1.29, 1.82) is 0 Å². The fourth-order valence-electron chi connectivity index (χ4n) is 3.82. The van der Waals surface area contributed by atoms with Crippen molar-refractivity contribution in [1.82, 2.24) is 20.1 Å². The van der Waals surface area contributed by atoms with Crippen molar-refractivity contribution < 1.29 is 9.18 Å². The number of nitrogens with zero attached hydrogens (tertiary/aromatic N) is 2. The van der Waals surface area contributed by atoms with Crippen LogP contribution in [-0.2, 0) is 23.2 Å². The summed E-state index contributed by atoms with van der Waals surface area (Å²) in [5, 5.41) is 10.0. The highest BCUT2D eigenvalue weighted by Gasteiger charge is 2.35. The SMILES string of the molecule is CCCc1n[nH]c(=S)n1CC(=O)NCC1(c2ccc(F)cc2)CCCC1. The molecule has 7 heteroatoms. The average molecular weight is 377 g/mol. The standard InChI is InChI=1S/C19H25FN4OS/c1-2-5-16-22-23-18(26)24(16)12-17(25)21-13-19(10-3-4-11-19)14-6-8-15(20)9-7-14/h6-9H,2-5,10-13H2,1H3,(H,21,25)(H,23,26). The predicted octanol–water partition coefficient (Wildman–Crippen LogP) is 3.66. The number of amides is 1. The minimum atomic E-state index is -0.233. The summed E-state index contributed by atoms with van der Waals surface area (Å²) in [6.07, 6.45) is 5.98. The third kappa shape index (κ3) is 4.03. The van der Waals surface area contributed by atoms with Crippen LogP contribution in [0.2, 0.25) is 0 Å². The Balaban J connectivity index is 1.68. The molecule has 0 radical (unpaired) electrons. The molecule has 0 saturated heterocycles. The Kier molecular flexibility index (Phi) is 5.86. The monoisotopic (exact) mass is 376 g/mol. The van der Waals surface area contributed by atoms with Crippen LogP contribution in [0, 0.1) is 10.6 Å². The maximum Gasteiger partial charge on any atom is 0.240 e. The van der Waals surface area contributed by atoms with Crippen molar-refractivity contribution in [2.24, 2.45) is 0 Å². The summed E-state index contributed by atoms with van der Waals surface area (Å²) < 4.78 is 15.5. The molecule has 1 aliphatic carbocycles. The first-order chi connectivity index (χ1) is 12.5. The smallest absolute Gasteiger partial charge is 0.240 e. The van der Waals surface area contributed by atoms with E-state index in [-0.39, 0.29) is 23.7 Å². The molecule has 0 bridgehead atoms. The van der Waals surface area contributed by atoms with Crippen LogP contribution >= 0.6 is 12.2 Å². The van der Waals surface area contributed by atoms with Crippen LogP contribution in [0.3, 0.4) is 0 Å². The van der Waals surface area contributed by atoms with E-state index >= 15 is 0 Å². The molecule has 1 aliphatic rings. The molecule has 26 heavy (non-hydrogen) atoms. The molecule has 0 atom stereocenters. The second-order valence-corrected chi connectivity index (χ2v) is 7.44. The lowest BCUT2D eigenvalue weighted by molar-refractivity contribution is -0.122. The van der Waals surface area contributed by atoms with Crippen molar-refractivity contribution in [2.45, 2.75) is 57.4 Å². The first-order valence-electron chi connectivity index (χ1n) is 9.21. The van der Waals surface area contributed by atoms with Gasteiger partial charge in [-0.05, 0) is 49.2 Å². The fraction of sp³-hybridized carbons (Fsp3) is 0.526. The molecule has 0 spiro atoms. The summed E-state index contributed by atoms with van der Waals surface area (Å²) in [4.78, 5) is 12.5. The zero-order valence-electron chi connectivity index (χ0n) is 15.1. The highest BCUT2D eigenvalue weighted by Crippen LogP contribution is 2.40. The number of aromatic amines is 1. The molecular formula is C19H25FN4OS. The molecule has 1 fully saturated rings. The van der Waals surface area contributed by atoms with Gasteiger partial charge in [0, 0.05) is 18.4 Å². The van der Waals surface area contributed by atoms with E-state index < -0.39 is 0 Å². The Hall–Kier alpha value is -2.02. The van der Waals surface area contributed by atoms with Gasteiger partial charge in [0.2, 0.25) is 5.91 Å². The first kappa shape index (κ1) is 18.8. The lowest BCUT2D eigenvalue weighted by Gasteiger charge is -2.30. The number of rotatable bonds is 7. The summed E-state index contributed by atoms with van der Waals surface area (Å²) >= 11 is 5.24. The maximum absolute atomic E-state index is 13.3. The fourth-order valence-corrected chi connectivity index (χ4v) is 4.03. The minimum Gasteiger partial charge on any atom is -0.354 e. The van der Waals surface area contributed by atoms with Crippen molar-refractivity contribution in [3.63, 3.8) is 0 Å². The molecule has 2 aromatic rings. The maximum atomic E-state index is 13.3. The lowest BCUT2D eigenvalue weighted by Crippen LogP contribution is -2.40. The van der Waals surface area contributed by atoms with Crippen molar-refractivity contribution >= 4 is 18.1 Å². The Morgan fingerprint density at radius 3 is 2.69 bits per heavy atom. The normalized spacial score (nSPS) is 15.9. The molecule has 1 aromatic carbocycles. The summed E-state index contributed by atoms with van der Waals surface area (Å²) in [5.74, 6) is 0.499. The van der Waals surface area contributed by atoms with Gasteiger partial charge in [-0.2, -0.15) is 5.10 Å². The van der Waals surface area contributed by atoms with E-state index in [0.29, 0.717) is 11.3 Å². The van der Waals surface area contributed by atoms with Crippen LogP contribution in [0.5, 0.6) is 0 Å². The molecule has 0 unspecified atom stereocenters. The number of carbonyl (C=O) groups is 1. The van der Waals surface area contributed by atoms with E-state index in [1.54, 1.807) is 4.57 Å². The molecule has 5 nitrogen and oxygen atoms in total. The summed E-state index contributed by atoms with van der Waals surface area (Å²) in [6, 6.07) is 6.69. The van der Waals surface area contributed by atoms with Crippen molar-refractivity contribution in [3.8, 4) is 0 Å². The van der Waals surface area contributed by atoms with Gasteiger partial charge in [0.1, 0.15) is 18.2 Å². The van der Waals surface area contributed by atoms with Crippen LogP contribution in [0.15, 0.2) is 24.3 Å². The molecule has 1 amide bonds. The van der Waals surface area contributed by atoms with Gasteiger partial charge in [0.15, 0.2) is 4.77 Å². The molecule has 2 N–H and O–H groups in total. The Labute approximate surface area is 158 Å². The average Bonchev–Trinajstić information content (AvgIpc) is 3.24. The molecule has 140 valence electrons. The summed E-state index contributed by atoms with van der Waals surface area (Å²) in [7, 11) is 0. The zero-order chi connectivity index (χ0) is 18.6. The summed E-state index contributed by atoms with van der Waals surface area (Å²) in [5.41, 5.74) is 0.997. The number of H-pyrrole nitrogens is 1. The molecule has 1 saturated carbocycles.